The molecule has 1 rings (SSSR count). The van der Waals surface area contributed by atoms with Gasteiger partial charge in [0.05, 0.1) is 5.60 Å². The van der Waals surface area contributed by atoms with Gasteiger partial charge in [-0.2, -0.15) is 0 Å². The Morgan fingerprint density at radius 3 is 2.05 bits per heavy atom. The molecule has 1 aromatic carbocycles. The van der Waals surface area contributed by atoms with Crippen LogP contribution in [0.25, 0.3) is 0 Å². The Kier molecular flexibility index (Phi) is 4.81. The Morgan fingerprint density at radius 2 is 1.53 bits per heavy atom. The van der Waals surface area contributed by atoms with Crippen molar-refractivity contribution in [1.82, 2.24) is 5.32 Å². The molecule has 1 aromatic rings. The Labute approximate surface area is 118 Å². The minimum Gasteiger partial charge on any atom is -0.389 e. The number of nitrogens with one attached hydrogen (secondary N) is 1. The van der Waals surface area contributed by atoms with Crippen molar-refractivity contribution in [3.63, 3.8) is 0 Å². The van der Waals surface area contributed by atoms with Gasteiger partial charge < -0.3 is 10.4 Å². The zero-order chi connectivity index (χ0) is 14.8. The summed E-state index contributed by atoms with van der Waals surface area (Å²) < 4.78 is 0. The first-order chi connectivity index (χ1) is 8.54. The van der Waals surface area contributed by atoms with Crippen LogP contribution in [-0.2, 0) is 5.41 Å². The van der Waals surface area contributed by atoms with E-state index in [0.29, 0.717) is 6.54 Å². The number of hydrogen-bond acceptors (Lipinski definition) is 2. The molecule has 0 atom stereocenters. The van der Waals surface area contributed by atoms with Crippen LogP contribution in [0.1, 0.15) is 49.9 Å². The molecule has 2 heteroatoms. The predicted octanol–water partition coefficient (Wildman–Crippen LogP) is 3.25. The van der Waals surface area contributed by atoms with Crippen LogP contribution in [0.15, 0.2) is 12.1 Å². The number of rotatable bonds is 5. The van der Waals surface area contributed by atoms with Gasteiger partial charge in [0.1, 0.15) is 0 Å². The first-order valence-electron chi connectivity index (χ1n) is 7.05. The van der Waals surface area contributed by atoms with Gasteiger partial charge in [0, 0.05) is 18.5 Å². The van der Waals surface area contributed by atoms with Crippen molar-refractivity contribution in [3.8, 4) is 0 Å². The van der Waals surface area contributed by atoms with Crippen molar-refractivity contribution in [2.24, 2.45) is 0 Å². The molecule has 2 nitrogen and oxygen atoms in total. The van der Waals surface area contributed by atoms with Gasteiger partial charge in [0.25, 0.3) is 0 Å². The normalized spacial score (nSPS) is 12.8. The van der Waals surface area contributed by atoms with Crippen LogP contribution in [0, 0.1) is 20.8 Å². The Morgan fingerprint density at radius 1 is 0.947 bits per heavy atom. The van der Waals surface area contributed by atoms with Crippen LogP contribution in [0.4, 0.5) is 0 Å². The highest BCUT2D eigenvalue weighted by atomic mass is 16.3. The first kappa shape index (κ1) is 16.2. The standard InChI is InChI=1S/C17H29NO/c1-12-8-9-15(14(3)13(12)2)16(4,5)10-18-11-17(6,7)19/h8-9,18-19H,10-11H2,1-7H3. The minimum absolute atomic E-state index is 0.0633. The van der Waals surface area contributed by atoms with Crippen LogP contribution >= 0.6 is 0 Å². The number of aryl methyl sites for hydroxylation is 1. The van der Waals surface area contributed by atoms with Gasteiger partial charge >= 0.3 is 0 Å². The van der Waals surface area contributed by atoms with E-state index in [-0.39, 0.29) is 5.41 Å². The highest BCUT2D eigenvalue weighted by Gasteiger charge is 2.24. The van der Waals surface area contributed by atoms with E-state index in [4.69, 9.17) is 0 Å². The first-order valence-corrected chi connectivity index (χ1v) is 7.05. The van der Waals surface area contributed by atoms with Gasteiger partial charge in [-0.3, -0.25) is 0 Å². The third-order valence-electron chi connectivity index (χ3n) is 3.91. The summed E-state index contributed by atoms with van der Waals surface area (Å²) in [5.74, 6) is 0. The molecule has 0 amide bonds. The van der Waals surface area contributed by atoms with Gasteiger partial charge in [0.15, 0.2) is 0 Å². The van der Waals surface area contributed by atoms with Crippen molar-refractivity contribution < 1.29 is 5.11 Å². The molecule has 0 spiro atoms. The number of benzene rings is 1. The molecule has 0 aliphatic carbocycles. The van der Waals surface area contributed by atoms with Gasteiger partial charge in [-0.1, -0.05) is 26.0 Å². The van der Waals surface area contributed by atoms with E-state index < -0.39 is 5.60 Å². The smallest absolute Gasteiger partial charge is 0.0715 e. The summed E-state index contributed by atoms with van der Waals surface area (Å²) in [5.41, 5.74) is 4.91. The summed E-state index contributed by atoms with van der Waals surface area (Å²) in [6.45, 7) is 16.2. The van der Waals surface area contributed by atoms with E-state index in [2.05, 4.69) is 52.1 Å². The molecular weight excluding hydrogens is 234 g/mol. The molecule has 0 unspecified atom stereocenters. The summed E-state index contributed by atoms with van der Waals surface area (Å²) in [5, 5.41) is 13.1. The van der Waals surface area contributed by atoms with Gasteiger partial charge in [0.2, 0.25) is 0 Å². The minimum atomic E-state index is -0.658. The summed E-state index contributed by atoms with van der Waals surface area (Å²) in [6, 6.07) is 4.44. The third-order valence-corrected chi connectivity index (χ3v) is 3.91. The quantitative estimate of drug-likeness (QED) is 0.854. The zero-order valence-electron chi connectivity index (χ0n) is 13.5. The van der Waals surface area contributed by atoms with Crippen molar-refractivity contribution >= 4 is 0 Å². The highest BCUT2D eigenvalue weighted by molar-refractivity contribution is 5.42. The second-order valence-electron chi connectivity index (χ2n) is 6.98. The summed E-state index contributed by atoms with van der Waals surface area (Å²) in [7, 11) is 0. The number of aliphatic hydroxyl groups is 1. The average molecular weight is 263 g/mol. The molecule has 108 valence electrons. The van der Waals surface area contributed by atoms with Crippen molar-refractivity contribution in [2.75, 3.05) is 13.1 Å². The predicted molar refractivity (Wildman–Crippen MR) is 82.8 cm³/mol. The molecule has 0 aliphatic heterocycles. The molecule has 0 bridgehead atoms. The Bertz CT molecular complexity index is 441. The molecule has 0 aromatic heterocycles. The lowest BCUT2D eigenvalue weighted by atomic mass is 9.80. The molecule has 2 N–H and O–H groups in total. The van der Waals surface area contributed by atoms with Crippen molar-refractivity contribution in [1.29, 1.82) is 0 Å². The van der Waals surface area contributed by atoms with Gasteiger partial charge in [-0.15, -0.1) is 0 Å². The molecule has 19 heavy (non-hydrogen) atoms. The second kappa shape index (κ2) is 5.64. The molecular formula is C17H29NO. The fraction of sp³-hybridized carbons (Fsp3) is 0.647. The van der Waals surface area contributed by atoms with E-state index in [9.17, 15) is 5.11 Å². The summed E-state index contributed by atoms with van der Waals surface area (Å²) in [4.78, 5) is 0. The van der Waals surface area contributed by atoms with Gasteiger partial charge in [-0.25, -0.2) is 0 Å². The van der Waals surface area contributed by atoms with Crippen LogP contribution in [0.2, 0.25) is 0 Å². The van der Waals surface area contributed by atoms with Crippen LogP contribution in [0.3, 0.4) is 0 Å². The van der Waals surface area contributed by atoms with E-state index in [1.807, 2.05) is 13.8 Å². The number of hydrogen-bond donors (Lipinski definition) is 2. The summed E-state index contributed by atoms with van der Waals surface area (Å²) >= 11 is 0. The molecule has 0 aliphatic rings. The fourth-order valence-electron chi connectivity index (χ4n) is 2.47. The maximum atomic E-state index is 9.76. The molecule has 0 saturated heterocycles. The Balaban J connectivity index is 2.86. The maximum Gasteiger partial charge on any atom is 0.0715 e. The maximum absolute atomic E-state index is 9.76. The average Bonchev–Trinajstić information content (AvgIpc) is 2.23. The third kappa shape index (κ3) is 4.32. The lowest BCUT2D eigenvalue weighted by molar-refractivity contribution is 0.0785. The van der Waals surface area contributed by atoms with E-state index in [1.54, 1.807) is 0 Å². The van der Waals surface area contributed by atoms with Crippen LogP contribution in [-0.4, -0.2) is 23.8 Å². The van der Waals surface area contributed by atoms with Crippen LogP contribution < -0.4 is 5.32 Å². The molecule has 0 saturated carbocycles. The van der Waals surface area contributed by atoms with Crippen molar-refractivity contribution in [3.05, 3.63) is 34.4 Å². The largest absolute Gasteiger partial charge is 0.389 e. The zero-order valence-corrected chi connectivity index (χ0v) is 13.5. The molecule has 0 radical (unpaired) electrons. The molecule has 0 heterocycles. The van der Waals surface area contributed by atoms with Crippen LogP contribution in [0.5, 0.6) is 0 Å². The highest BCUT2D eigenvalue weighted by Crippen LogP contribution is 2.28. The van der Waals surface area contributed by atoms with E-state index >= 15 is 0 Å². The Hall–Kier alpha value is -0.860. The van der Waals surface area contributed by atoms with E-state index in [0.717, 1.165) is 6.54 Å². The lowest BCUT2D eigenvalue weighted by Gasteiger charge is -2.30. The monoisotopic (exact) mass is 263 g/mol. The second-order valence-corrected chi connectivity index (χ2v) is 6.98. The SMILES string of the molecule is Cc1ccc(C(C)(C)CNCC(C)(C)O)c(C)c1C. The fourth-order valence-corrected chi connectivity index (χ4v) is 2.47. The topological polar surface area (TPSA) is 32.3 Å². The summed E-state index contributed by atoms with van der Waals surface area (Å²) in [6.07, 6.45) is 0. The lowest BCUT2D eigenvalue weighted by Crippen LogP contribution is -2.41. The van der Waals surface area contributed by atoms with E-state index in [1.165, 1.54) is 22.3 Å². The van der Waals surface area contributed by atoms with Crippen molar-refractivity contribution in [2.45, 2.75) is 59.5 Å². The van der Waals surface area contributed by atoms with Gasteiger partial charge in [-0.05, 0) is 56.9 Å². The molecule has 0 fully saturated rings.